The van der Waals surface area contributed by atoms with E-state index in [9.17, 15) is 14.4 Å². The van der Waals surface area contributed by atoms with E-state index in [-0.39, 0.29) is 18.1 Å². The molecule has 0 saturated carbocycles. The molecule has 2 aromatic heterocycles. The zero-order valence-electron chi connectivity index (χ0n) is 19.7. The van der Waals surface area contributed by atoms with Gasteiger partial charge in [-0.25, -0.2) is 9.37 Å². The van der Waals surface area contributed by atoms with Gasteiger partial charge in [0.25, 0.3) is 5.91 Å². The van der Waals surface area contributed by atoms with Crippen molar-refractivity contribution in [3.05, 3.63) is 116 Å². The van der Waals surface area contributed by atoms with Gasteiger partial charge in [-0.1, -0.05) is 12.1 Å². The van der Waals surface area contributed by atoms with E-state index < -0.39 is 5.82 Å². The number of benzene rings is 2. The van der Waals surface area contributed by atoms with Crippen molar-refractivity contribution in [1.29, 1.82) is 0 Å². The van der Waals surface area contributed by atoms with Crippen LogP contribution >= 0.6 is 0 Å². The summed E-state index contributed by atoms with van der Waals surface area (Å²) in [5, 5.41) is 15.2. The standard InChI is InChI=1S/C28H23FN4O3/c1-14-9-25(30)32-15(2)23(14)12-31-28(34)17-4-7-20-22(11-17)27-21-10-16(3-6-19(21)26(20)36-27)24-8-5-18(29)13-33(24)35/h3-11,13,26-27H,12H2,1-2H3,(H2,30,32)(H,31,34)/t26-,27+/m0/s1. The van der Waals surface area contributed by atoms with Gasteiger partial charge < -0.3 is 21.0 Å². The van der Waals surface area contributed by atoms with E-state index in [1.807, 2.05) is 50.2 Å². The number of anilines is 1. The SMILES string of the molecule is Cc1cc(N)nc(C)c1CNC(=O)c1ccc2c(c1)[C@@H]1O[C@H]2c2ccc(-c3ccc(F)c[n+]3[O-])cc21. The number of fused-ring (bicyclic) bond motifs is 8. The second-order valence-electron chi connectivity index (χ2n) is 9.25. The van der Waals surface area contributed by atoms with Crippen LogP contribution in [0, 0.1) is 24.9 Å². The molecule has 0 radical (unpaired) electrons. The first-order valence-electron chi connectivity index (χ1n) is 11.6. The van der Waals surface area contributed by atoms with Crippen molar-refractivity contribution in [3.63, 3.8) is 0 Å². The van der Waals surface area contributed by atoms with Crippen molar-refractivity contribution >= 4 is 11.7 Å². The Morgan fingerprint density at radius 3 is 2.53 bits per heavy atom. The number of carbonyl (C=O) groups excluding carboxylic acids is 1. The molecule has 4 heterocycles. The number of halogens is 1. The predicted molar refractivity (Wildman–Crippen MR) is 131 cm³/mol. The van der Waals surface area contributed by atoms with Gasteiger partial charge in [0.15, 0.2) is 5.82 Å². The highest BCUT2D eigenvalue weighted by atomic mass is 19.1. The highest BCUT2D eigenvalue weighted by Crippen LogP contribution is 2.54. The number of hydrogen-bond acceptors (Lipinski definition) is 5. The average Bonchev–Trinajstić information content (AvgIpc) is 3.40. The molecule has 4 aromatic rings. The van der Waals surface area contributed by atoms with Crippen LogP contribution in [0.4, 0.5) is 10.2 Å². The number of rotatable bonds is 4. The number of pyridine rings is 2. The number of ether oxygens (including phenoxy) is 1. The summed E-state index contributed by atoms with van der Waals surface area (Å²) in [6, 6.07) is 15.9. The Kier molecular flexibility index (Phi) is 5.01. The van der Waals surface area contributed by atoms with Gasteiger partial charge in [-0.3, -0.25) is 4.79 Å². The molecule has 0 fully saturated rings. The lowest BCUT2D eigenvalue weighted by Crippen LogP contribution is -2.29. The predicted octanol–water partition coefficient (Wildman–Crippen LogP) is 4.17. The Balaban J connectivity index is 1.27. The molecular weight excluding hydrogens is 459 g/mol. The number of nitrogens with one attached hydrogen (secondary N) is 1. The molecule has 1 amide bonds. The zero-order chi connectivity index (χ0) is 25.1. The third-order valence-electron chi connectivity index (χ3n) is 7.01. The molecule has 7 nitrogen and oxygen atoms in total. The highest BCUT2D eigenvalue weighted by molar-refractivity contribution is 5.94. The maximum Gasteiger partial charge on any atom is 0.251 e. The molecular formula is C28H23FN4O3. The lowest BCUT2D eigenvalue weighted by molar-refractivity contribution is -0.595. The van der Waals surface area contributed by atoms with Gasteiger partial charge in [-0.05, 0) is 83.6 Å². The second kappa shape index (κ2) is 8.13. The van der Waals surface area contributed by atoms with Crippen molar-refractivity contribution in [2.45, 2.75) is 32.6 Å². The fourth-order valence-corrected chi connectivity index (χ4v) is 5.25. The quantitative estimate of drug-likeness (QED) is 0.336. The summed E-state index contributed by atoms with van der Waals surface area (Å²) in [4.78, 5) is 17.3. The van der Waals surface area contributed by atoms with E-state index in [2.05, 4.69) is 10.3 Å². The summed E-state index contributed by atoms with van der Waals surface area (Å²) >= 11 is 0. The lowest BCUT2D eigenvalue weighted by Gasteiger charge is -2.18. The van der Waals surface area contributed by atoms with Crippen LogP contribution in [0.5, 0.6) is 0 Å². The number of aromatic nitrogens is 2. The molecule has 3 N–H and O–H groups in total. The van der Waals surface area contributed by atoms with E-state index in [0.29, 0.717) is 33.9 Å². The molecule has 2 atom stereocenters. The number of nitrogens with two attached hydrogens (primary N) is 1. The van der Waals surface area contributed by atoms with Crippen LogP contribution in [0.1, 0.15) is 61.6 Å². The Labute approximate surface area is 207 Å². The summed E-state index contributed by atoms with van der Waals surface area (Å²) in [5.41, 5.74) is 14.1. The van der Waals surface area contributed by atoms with Crippen molar-refractivity contribution in [2.75, 3.05) is 5.73 Å². The first-order valence-corrected chi connectivity index (χ1v) is 11.6. The average molecular weight is 483 g/mol. The summed E-state index contributed by atoms with van der Waals surface area (Å²) in [7, 11) is 0. The smallest absolute Gasteiger partial charge is 0.251 e. The van der Waals surface area contributed by atoms with E-state index in [0.717, 1.165) is 45.3 Å². The van der Waals surface area contributed by atoms with Crippen LogP contribution in [0.3, 0.4) is 0 Å². The first-order chi connectivity index (χ1) is 17.3. The molecule has 6 rings (SSSR count). The maximum atomic E-state index is 13.4. The highest BCUT2D eigenvalue weighted by Gasteiger charge is 2.43. The van der Waals surface area contributed by atoms with Crippen LogP contribution in [0.15, 0.2) is 60.8 Å². The molecule has 0 unspecified atom stereocenters. The van der Waals surface area contributed by atoms with Crippen LogP contribution in [0.25, 0.3) is 11.3 Å². The van der Waals surface area contributed by atoms with Crippen molar-refractivity contribution in [3.8, 4) is 11.3 Å². The fourth-order valence-electron chi connectivity index (χ4n) is 5.25. The number of aryl methyl sites for hydroxylation is 2. The molecule has 0 spiro atoms. The van der Waals surface area contributed by atoms with Crippen LogP contribution in [-0.2, 0) is 11.3 Å². The largest absolute Gasteiger partial charge is 0.618 e. The Bertz CT molecular complexity index is 1550. The first kappa shape index (κ1) is 22.2. The van der Waals surface area contributed by atoms with Gasteiger partial charge >= 0.3 is 0 Å². The van der Waals surface area contributed by atoms with Crippen molar-refractivity contribution in [2.24, 2.45) is 0 Å². The number of nitrogens with zero attached hydrogens (tertiary/aromatic N) is 2. The van der Waals surface area contributed by atoms with Gasteiger partial charge in [0.1, 0.15) is 18.0 Å². The molecule has 2 bridgehead atoms. The lowest BCUT2D eigenvalue weighted by atomic mass is 9.84. The van der Waals surface area contributed by atoms with Crippen LogP contribution < -0.4 is 15.8 Å². The molecule has 36 heavy (non-hydrogen) atoms. The van der Waals surface area contributed by atoms with Crippen molar-refractivity contribution in [1.82, 2.24) is 10.3 Å². The van der Waals surface area contributed by atoms with Gasteiger partial charge in [0, 0.05) is 29.4 Å². The van der Waals surface area contributed by atoms with Crippen molar-refractivity contribution < 1.29 is 18.7 Å². The molecule has 0 saturated heterocycles. The summed E-state index contributed by atoms with van der Waals surface area (Å²) in [6.07, 6.45) is 0.360. The summed E-state index contributed by atoms with van der Waals surface area (Å²) in [5.74, 6) is -0.319. The number of amides is 1. The number of nitrogen functional groups attached to an aromatic ring is 1. The van der Waals surface area contributed by atoms with Crippen LogP contribution in [-0.4, -0.2) is 10.9 Å². The fraction of sp³-hybridized carbons (Fsp3) is 0.179. The maximum absolute atomic E-state index is 13.4. The second-order valence-corrected chi connectivity index (χ2v) is 9.25. The Morgan fingerprint density at radius 1 is 1.06 bits per heavy atom. The molecule has 8 heteroatoms. The third-order valence-corrected chi connectivity index (χ3v) is 7.01. The number of hydrogen-bond donors (Lipinski definition) is 2. The third kappa shape index (κ3) is 3.49. The minimum Gasteiger partial charge on any atom is -0.618 e. The van der Waals surface area contributed by atoms with Crippen LogP contribution in [0.2, 0.25) is 0 Å². The topological polar surface area (TPSA) is 104 Å². The van der Waals surface area contributed by atoms with E-state index in [4.69, 9.17) is 10.5 Å². The Morgan fingerprint density at radius 2 is 1.78 bits per heavy atom. The molecule has 2 aliphatic heterocycles. The van der Waals surface area contributed by atoms with E-state index >= 15 is 0 Å². The van der Waals surface area contributed by atoms with Gasteiger partial charge in [0.05, 0.1) is 0 Å². The molecule has 2 aliphatic rings. The minimum atomic E-state index is -0.588. The minimum absolute atomic E-state index is 0.191. The monoisotopic (exact) mass is 482 g/mol. The summed E-state index contributed by atoms with van der Waals surface area (Å²) < 4.78 is 20.2. The number of carbonyl (C=O) groups is 1. The van der Waals surface area contributed by atoms with Gasteiger partial charge in [-0.15, -0.1) is 0 Å². The zero-order valence-corrected chi connectivity index (χ0v) is 19.7. The van der Waals surface area contributed by atoms with E-state index in [1.54, 1.807) is 6.07 Å². The van der Waals surface area contributed by atoms with Gasteiger partial charge in [-0.2, -0.15) is 4.73 Å². The van der Waals surface area contributed by atoms with E-state index in [1.165, 1.54) is 12.1 Å². The molecule has 0 aliphatic carbocycles. The summed E-state index contributed by atoms with van der Waals surface area (Å²) in [6.45, 7) is 4.17. The van der Waals surface area contributed by atoms with Gasteiger partial charge in [0.2, 0.25) is 11.9 Å². The Hall–Kier alpha value is -4.30. The normalized spacial score (nSPS) is 17.1. The molecule has 180 valence electrons. The molecule has 2 aromatic carbocycles.